The molecule has 1 aliphatic carbocycles. The molecule has 2 N–H and O–H groups in total. The average molecular weight is 387 g/mol. The average Bonchev–Trinajstić information content (AvgIpc) is 3.29. The van der Waals surface area contributed by atoms with E-state index in [-0.39, 0.29) is 24.3 Å². The molecular formula is C25H25NO3. The molecule has 148 valence electrons. The van der Waals surface area contributed by atoms with Gasteiger partial charge in [0.2, 0.25) is 5.91 Å². The Morgan fingerprint density at radius 2 is 1.72 bits per heavy atom. The Balaban J connectivity index is 1.38. The monoisotopic (exact) mass is 387 g/mol. The number of carbonyl (C=O) groups is 1. The zero-order valence-electron chi connectivity index (χ0n) is 16.2. The lowest BCUT2D eigenvalue weighted by Gasteiger charge is -2.17. The summed E-state index contributed by atoms with van der Waals surface area (Å²) in [7, 11) is 0. The maximum absolute atomic E-state index is 13.1. The van der Waals surface area contributed by atoms with Crippen LogP contribution in [0.2, 0.25) is 0 Å². The van der Waals surface area contributed by atoms with Gasteiger partial charge >= 0.3 is 0 Å². The molecule has 29 heavy (non-hydrogen) atoms. The van der Waals surface area contributed by atoms with Crippen molar-refractivity contribution in [2.75, 3.05) is 19.7 Å². The second-order valence-corrected chi connectivity index (χ2v) is 8.39. The lowest BCUT2D eigenvalue weighted by atomic mass is 9.95. The molecule has 1 aliphatic heterocycles. The molecule has 0 bridgehead atoms. The van der Waals surface area contributed by atoms with Gasteiger partial charge < -0.3 is 15.1 Å². The molecule has 2 fully saturated rings. The van der Waals surface area contributed by atoms with Crippen molar-refractivity contribution in [2.24, 2.45) is 11.3 Å². The molecular weight excluding hydrogens is 362 g/mol. The molecule has 0 unspecified atom stereocenters. The number of hydrogen-bond donors (Lipinski definition) is 2. The third-order valence-corrected chi connectivity index (χ3v) is 6.97. The summed E-state index contributed by atoms with van der Waals surface area (Å²) in [6.07, 6.45) is -0.287. The van der Waals surface area contributed by atoms with E-state index in [1.165, 1.54) is 0 Å². The fourth-order valence-corrected chi connectivity index (χ4v) is 5.48. The van der Waals surface area contributed by atoms with E-state index in [9.17, 15) is 15.0 Å². The molecule has 1 saturated carbocycles. The summed E-state index contributed by atoms with van der Waals surface area (Å²) >= 11 is 0. The summed E-state index contributed by atoms with van der Waals surface area (Å²) in [5.74, 6) is 0.127. The number of nitrogens with zero attached hydrogens (tertiary/aromatic N) is 1. The standard InChI is InChI=1S/C25H25NO3/c27-15-21-24(18-8-2-1-3-9-18)25(21)16-26(14-22(25)28)23(29)13-19-11-6-10-17-7-4-5-12-20(17)19/h1-12,21-22,24,27-28H,13-16H2/t21-,22-,24-,25-/m1/s1. The smallest absolute Gasteiger partial charge is 0.227 e. The number of aliphatic hydroxyl groups excluding tert-OH is 2. The Bertz CT molecular complexity index is 1040. The van der Waals surface area contributed by atoms with E-state index in [1.807, 2.05) is 48.5 Å². The molecule has 3 aromatic rings. The van der Waals surface area contributed by atoms with Crippen LogP contribution in [-0.4, -0.2) is 46.8 Å². The van der Waals surface area contributed by atoms with Gasteiger partial charge in [-0.05, 0) is 33.7 Å². The number of β-amino-alcohol motifs (C(OH)–C–C–N with tert-alkyl or cyclic N) is 1. The van der Waals surface area contributed by atoms with Gasteiger partial charge in [-0.25, -0.2) is 0 Å². The van der Waals surface area contributed by atoms with Gasteiger partial charge in [-0.3, -0.25) is 4.79 Å². The minimum Gasteiger partial charge on any atom is -0.396 e. The van der Waals surface area contributed by atoms with E-state index in [2.05, 4.69) is 24.3 Å². The zero-order chi connectivity index (χ0) is 20.0. The van der Waals surface area contributed by atoms with E-state index in [4.69, 9.17) is 0 Å². The van der Waals surface area contributed by atoms with Gasteiger partial charge in [0.15, 0.2) is 0 Å². The second-order valence-electron chi connectivity index (χ2n) is 8.39. The molecule has 0 aromatic heterocycles. The first kappa shape index (κ1) is 18.3. The summed E-state index contributed by atoms with van der Waals surface area (Å²) in [5.41, 5.74) is 1.72. The van der Waals surface area contributed by atoms with Crippen LogP contribution in [-0.2, 0) is 11.2 Å². The van der Waals surface area contributed by atoms with Crippen molar-refractivity contribution in [3.63, 3.8) is 0 Å². The number of carbonyl (C=O) groups excluding carboxylic acids is 1. The summed E-state index contributed by atoms with van der Waals surface area (Å²) in [5, 5.41) is 23.1. The number of hydrogen-bond acceptors (Lipinski definition) is 3. The van der Waals surface area contributed by atoms with Crippen molar-refractivity contribution in [2.45, 2.75) is 18.4 Å². The molecule has 1 heterocycles. The Kier molecular flexibility index (Phi) is 4.41. The summed E-state index contributed by atoms with van der Waals surface area (Å²) in [6.45, 7) is 0.869. The normalized spacial score (nSPS) is 28.2. The fraction of sp³-hybridized carbons (Fsp3) is 0.320. The van der Waals surface area contributed by atoms with Crippen LogP contribution in [0.4, 0.5) is 0 Å². The van der Waals surface area contributed by atoms with E-state index in [0.717, 1.165) is 21.9 Å². The van der Waals surface area contributed by atoms with E-state index >= 15 is 0 Å². The summed E-state index contributed by atoms with van der Waals surface area (Å²) in [4.78, 5) is 14.9. The Morgan fingerprint density at radius 3 is 2.52 bits per heavy atom. The summed E-state index contributed by atoms with van der Waals surface area (Å²) < 4.78 is 0. The molecule has 1 amide bonds. The number of aliphatic hydroxyl groups is 2. The van der Waals surface area contributed by atoms with Gasteiger partial charge in [-0.2, -0.15) is 0 Å². The first-order chi connectivity index (χ1) is 14.1. The largest absolute Gasteiger partial charge is 0.396 e. The van der Waals surface area contributed by atoms with E-state index < -0.39 is 11.5 Å². The first-order valence-electron chi connectivity index (χ1n) is 10.2. The van der Waals surface area contributed by atoms with Crippen molar-refractivity contribution < 1.29 is 15.0 Å². The molecule has 5 rings (SSSR count). The van der Waals surface area contributed by atoms with Crippen LogP contribution in [0.15, 0.2) is 72.8 Å². The lowest BCUT2D eigenvalue weighted by molar-refractivity contribution is -0.129. The minimum absolute atomic E-state index is 0.00439. The first-order valence-corrected chi connectivity index (χ1v) is 10.2. The van der Waals surface area contributed by atoms with Crippen LogP contribution in [0.25, 0.3) is 10.8 Å². The number of fused-ring (bicyclic) bond motifs is 1. The van der Waals surface area contributed by atoms with Crippen molar-refractivity contribution in [1.29, 1.82) is 0 Å². The van der Waals surface area contributed by atoms with Crippen LogP contribution in [0.5, 0.6) is 0 Å². The fourth-order valence-electron chi connectivity index (χ4n) is 5.48. The Hall–Kier alpha value is -2.69. The number of amides is 1. The molecule has 1 spiro atoms. The number of benzene rings is 3. The third-order valence-electron chi connectivity index (χ3n) is 6.97. The molecule has 0 radical (unpaired) electrons. The lowest BCUT2D eigenvalue weighted by Crippen LogP contribution is -2.31. The molecule has 1 saturated heterocycles. The molecule has 2 aliphatic rings. The quantitative estimate of drug-likeness (QED) is 0.724. The maximum Gasteiger partial charge on any atom is 0.227 e. The summed E-state index contributed by atoms with van der Waals surface area (Å²) in [6, 6.07) is 24.2. The number of rotatable bonds is 4. The predicted molar refractivity (Wildman–Crippen MR) is 112 cm³/mol. The van der Waals surface area contributed by atoms with Gasteiger partial charge in [0.05, 0.1) is 12.5 Å². The maximum atomic E-state index is 13.1. The van der Waals surface area contributed by atoms with Crippen LogP contribution in [0.1, 0.15) is 17.0 Å². The SMILES string of the molecule is O=C(Cc1cccc2ccccc12)N1C[C@@H](O)[C@@]2(C1)[C@H](CO)[C@H]2c1ccccc1. The Morgan fingerprint density at radius 1 is 1.00 bits per heavy atom. The van der Waals surface area contributed by atoms with Gasteiger partial charge in [-0.1, -0.05) is 72.8 Å². The van der Waals surface area contributed by atoms with Crippen molar-refractivity contribution >= 4 is 16.7 Å². The van der Waals surface area contributed by atoms with Crippen molar-refractivity contribution in [3.05, 3.63) is 83.9 Å². The number of likely N-dealkylation sites (tertiary alicyclic amines) is 1. The topological polar surface area (TPSA) is 60.8 Å². The van der Waals surface area contributed by atoms with Gasteiger partial charge in [0.25, 0.3) is 0 Å². The second kappa shape index (κ2) is 6.97. The van der Waals surface area contributed by atoms with Crippen molar-refractivity contribution in [1.82, 2.24) is 4.90 Å². The molecule has 4 heteroatoms. The van der Waals surface area contributed by atoms with Crippen molar-refractivity contribution in [3.8, 4) is 0 Å². The highest BCUT2D eigenvalue weighted by Gasteiger charge is 2.71. The highest BCUT2D eigenvalue weighted by molar-refractivity contribution is 5.90. The third kappa shape index (κ3) is 2.86. The molecule has 3 aromatic carbocycles. The zero-order valence-corrected chi connectivity index (χ0v) is 16.2. The highest BCUT2D eigenvalue weighted by atomic mass is 16.3. The highest BCUT2D eigenvalue weighted by Crippen LogP contribution is 2.68. The van der Waals surface area contributed by atoms with E-state index in [1.54, 1.807) is 4.90 Å². The van der Waals surface area contributed by atoms with Crippen LogP contribution in [0, 0.1) is 11.3 Å². The van der Waals surface area contributed by atoms with Gasteiger partial charge in [0.1, 0.15) is 0 Å². The molecule has 4 atom stereocenters. The van der Waals surface area contributed by atoms with Crippen LogP contribution < -0.4 is 0 Å². The molecule has 4 nitrogen and oxygen atoms in total. The predicted octanol–water partition coefficient (Wildman–Crippen LogP) is 2.98. The van der Waals surface area contributed by atoms with Crippen LogP contribution in [0.3, 0.4) is 0 Å². The Labute approximate surface area is 170 Å². The van der Waals surface area contributed by atoms with E-state index in [0.29, 0.717) is 19.5 Å². The van der Waals surface area contributed by atoms with Gasteiger partial charge in [0, 0.05) is 25.1 Å². The van der Waals surface area contributed by atoms with Crippen LogP contribution >= 0.6 is 0 Å². The van der Waals surface area contributed by atoms with Gasteiger partial charge in [-0.15, -0.1) is 0 Å². The minimum atomic E-state index is -0.610.